The van der Waals surface area contributed by atoms with Gasteiger partial charge in [0.25, 0.3) is 0 Å². The highest BCUT2D eigenvalue weighted by molar-refractivity contribution is 6.74. The van der Waals surface area contributed by atoms with Gasteiger partial charge in [-0.3, -0.25) is 0 Å². The van der Waals surface area contributed by atoms with Gasteiger partial charge in [0.05, 0.1) is 34.0 Å². The van der Waals surface area contributed by atoms with Crippen molar-refractivity contribution in [2.24, 2.45) is 0 Å². The number of hydrogen-bond donors (Lipinski definition) is 1. The molecule has 0 aromatic carbocycles. The van der Waals surface area contributed by atoms with Crippen LogP contribution in [0.15, 0.2) is 48.6 Å². The van der Waals surface area contributed by atoms with E-state index in [1.165, 1.54) is 47.4 Å². The Kier molecular flexibility index (Phi) is 20.0. The van der Waals surface area contributed by atoms with Crippen LogP contribution in [0.4, 0.5) is 0 Å². The lowest BCUT2D eigenvalue weighted by Crippen LogP contribution is -2.46. The van der Waals surface area contributed by atoms with Crippen LogP contribution >= 0.6 is 0 Å². The van der Waals surface area contributed by atoms with E-state index in [-0.39, 0.29) is 11.2 Å². The fourth-order valence-electron chi connectivity index (χ4n) is 8.05. The van der Waals surface area contributed by atoms with Crippen LogP contribution in [-0.4, -0.2) is 42.9 Å². The summed E-state index contributed by atoms with van der Waals surface area (Å²) in [6.07, 6.45) is 13.7. The number of aromatic nitrogens is 2. The molecule has 0 aliphatic rings. The van der Waals surface area contributed by atoms with E-state index in [9.17, 15) is 5.11 Å². The molecule has 52 heavy (non-hydrogen) atoms. The fourth-order valence-corrected chi connectivity index (χ4v) is 14.5. The first-order valence-electron chi connectivity index (χ1n) is 21.4. The number of rotatable bonds is 26. The summed E-state index contributed by atoms with van der Waals surface area (Å²) in [6, 6.07) is 19.1. The summed E-state index contributed by atoms with van der Waals surface area (Å²) in [5, 5.41) is 11.6. The second-order valence-electron chi connectivity index (χ2n) is 15.0. The van der Waals surface area contributed by atoms with Gasteiger partial charge in [0.2, 0.25) is 0 Å². The van der Waals surface area contributed by atoms with Crippen molar-refractivity contribution >= 4 is 27.8 Å². The van der Waals surface area contributed by atoms with E-state index in [0.717, 1.165) is 75.6 Å². The standard InChI is InChI=1S/C45H78N2O3Si2/c1-13-37(29-27-35-44(15-3,16-4)49-51(19-7,20-8)21-9)39-31-25-33-41(46-39)43(48)42-34-26-32-40(47-42)38(14-2)30-28-36-45(17-5,18-6)50-52(22-10,23-11)24-12/h25-26,29-34,43,48H,13-24,27-28,35-36H2,1-12H3. The summed E-state index contributed by atoms with van der Waals surface area (Å²) in [5.41, 5.74) is 5.44. The summed E-state index contributed by atoms with van der Waals surface area (Å²) >= 11 is 0. The van der Waals surface area contributed by atoms with Gasteiger partial charge in [-0.15, -0.1) is 0 Å². The number of aliphatic hydroxyl groups is 1. The number of aliphatic hydroxyl groups excluding tert-OH is 1. The third-order valence-corrected chi connectivity index (χ3v) is 22.3. The Labute approximate surface area is 322 Å². The first-order chi connectivity index (χ1) is 25.0. The average Bonchev–Trinajstić information content (AvgIpc) is 3.21. The van der Waals surface area contributed by atoms with Crippen molar-refractivity contribution in [3.63, 3.8) is 0 Å². The highest BCUT2D eigenvalue weighted by Gasteiger charge is 2.39. The zero-order valence-electron chi connectivity index (χ0n) is 35.7. The Balaban J connectivity index is 2.29. The van der Waals surface area contributed by atoms with Crippen molar-refractivity contribution in [3.8, 4) is 0 Å². The van der Waals surface area contributed by atoms with E-state index in [2.05, 4.69) is 107 Å². The first kappa shape index (κ1) is 46.2. The Bertz CT molecular complexity index is 1250. The zero-order valence-corrected chi connectivity index (χ0v) is 37.7. The fraction of sp³-hybridized carbons (Fsp3) is 0.689. The SMILES string of the molecule is CCC(=CCCC(CC)(CC)O[Si](CC)(CC)CC)c1cccc(C(O)c2cccc(C(=CCCC(CC)(CC)O[Si](CC)(CC)CC)CC)n2)n1. The predicted octanol–water partition coefficient (Wildman–Crippen LogP) is 13.9. The molecule has 2 heterocycles. The second kappa shape index (κ2) is 22.5. The van der Waals surface area contributed by atoms with Crippen LogP contribution in [0, 0.1) is 0 Å². The molecule has 0 saturated carbocycles. The Morgan fingerprint density at radius 3 is 1.17 bits per heavy atom. The molecule has 0 saturated heterocycles. The third kappa shape index (κ3) is 12.0. The number of pyridine rings is 2. The maximum Gasteiger partial charge on any atom is 0.192 e. The summed E-state index contributed by atoms with van der Waals surface area (Å²) in [4.78, 5) is 10.0. The van der Waals surface area contributed by atoms with Crippen LogP contribution in [0.1, 0.15) is 176 Å². The van der Waals surface area contributed by atoms with Crippen LogP contribution in [-0.2, 0) is 8.85 Å². The first-order valence-corrected chi connectivity index (χ1v) is 26.4. The van der Waals surface area contributed by atoms with E-state index in [1.54, 1.807) is 0 Å². The molecule has 7 heteroatoms. The molecular weight excluding hydrogens is 673 g/mol. The van der Waals surface area contributed by atoms with E-state index in [4.69, 9.17) is 18.8 Å². The minimum absolute atomic E-state index is 0.0624. The minimum atomic E-state index is -1.71. The molecule has 294 valence electrons. The molecular formula is C45H78N2O3Si2. The Hall–Kier alpha value is -1.91. The van der Waals surface area contributed by atoms with Gasteiger partial charge in [-0.25, -0.2) is 9.97 Å². The van der Waals surface area contributed by atoms with Crippen molar-refractivity contribution in [2.45, 2.75) is 201 Å². The number of hydrogen-bond acceptors (Lipinski definition) is 5. The summed E-state index contributed by atoms with van der Waals surface area (Å²) < 4.78 is 14.3. The van der Waals surface area contributed by atoms with Gasteiger partial charge >= 0.3 is 0 Å². The molecule has 0 aliphatic heterocycles. The van der Waals surface area contributed by atoms with E-state index in [1.807, 2.05) is 24.3 Å². The minimum Gasteiger partial charge on any atom is -0.411 e. The quantitative estimate of drug-likeness (QED) is 0.0970. The molecule has 0 spiro atoms. The molecule has 0 amide bonds. The monoisotopic (exact) mass is 751 g/mol. The molecule has 0 aliphatic carbocycles. The lowest BCUT2D eigenvalue weighted by molar-refractivity contribution is 0.0394. The maximum absolute atomic E-state index is 11.6. The van der Waals surface area contributed by atoms with Gasteiger partial charge in [-0.05, 0) is 136 Å². The van der Waals surface area contributed by atoms with Crippen molar-refractivity contribution in [1.29, 1.82) is 0 Å². The van der Waals surface area contributed by atoms with Crippen LogP contribution in [0.2, 0.25) is 36.3 Å². The molecule has 0 unspecified atom stereocenters. The van der Waals surface area contributed by atoms with Gasteiger partial charge in [0.15, 0.2) is 16.6 Å². The largest absolute Gasteiger partial charge is 0.411 e. The normalized spacial score (nSPS) is 14.2. The predicted molar refractivity (Wildman–Crippen MR) is 231 cm³/mol. The molecule has 2 aromatic heterocycles. The molecule has 0 bridgehead atoms. The molecule has 2 aromatic rings. The van der Waals surface area contributed by atoms with Gasteiger partial charge < -0.3 is 14.0 Å². The van der Waals surface area contributed by atoms with Crippen LogP contribution in [0.25, 0.3) is 11.1 Å². The second-order valence-corrected chi connectivity index (χ2v) is 24.4. The highest BCUT2D eigenvalue weighted by atomic mass is 28.4. The molecule has 2 rings (SSSR count). The summed E-state index contributed by atoms with van der Waals surface area (Å²) in [6.45, 7) is 27.5. The Morgan fingerprint density at radius 1 is 0.577 bits per heavy atom. The molecule has 0 radical (unpaired) electrons. The number of allylic oxidation sites excluding steroid dienone is 4. The van der Waals surface area contributed by atoms with Crippen molar-refractivity contribution in [1.82, 2.24) is 9.97 Å². The van der Waals surface area contributed by atoms with Crippen molar-refractivity contribution in [2.75, 3.05) is 0 Å². The number of nitrogens with zero attached hydrogens (tertiary/aromatic N) is 2. The smallest absolute Gasteiger partial charge is 0.192 e. The van der Waals surface area contributed by atoms with Crippen molar-refractivity contribution < 1.29 is 14.0 Å². The lowest BCUT2D eigenvalue weighted by atomic mass is 9.91. The Morgan fingerprint density at radius 2 is 0.904 bits per heavy atom. The van der Waals surface area contributed by atoms with E-state index < -0.39 is 22.7 Å². The van der Waals surface area contributed by atoms with Gasteiger partial charge in [-0.2, -0.15) is 0 Å². The molecule has 1 N–H and O–H groups in total. The molecule has 5 nitrogen and oxygen atoms in total. The average molecular weight is 751 g/mol. The lowest BCUT2D eigenvalue weighted by Gasteiger charge is -2.42. The summed E-state index contributed by atoms with van der Waals surface area (Å²) in [7, 11) is -3.43. The van der Waals surface area contributed by atoms with Gasteiger partial charge in [0.1, 0.15) is 6.10 Å². The van der Waals surface area contributed by atoms with E-state index in [0.29, 0.717) is 11.4 Å². The van der Waals surface area contributed by atoms with Crippen LogP contribution < -0.4 is 0 Å². The molecule has 0 fully saturated rings. The topological polar surface area (TPSA) is 64.5 Å². The molecule has 0 atom stereocenters. The van der Waals surface area contributed by atoms with Gasteiger partial charge in [-0.1, -0.05) is 107 Å². The van der Waals surface area contributed by atoms with Crippen LogP contribution in [0.3, 0.4) is 0 Å². The third-order valence-electron chi connectivity index (χ3n) is 12.8. The van der Waals surface area contributed by atoms with Crippen LogP contribution in [0.5, 0.6) is 0 Å². The maximum atomic E-state index is 11.6. The van der Waals surface area contributed by atoms with Gasteiger partial charge in [0, 0.05) is 0 Å². The highest BCUT2D eigenvalue weighted by Crippen LogP contribution is 2.37. The summed E-state index contributed by atoms with van der Waals surface area (Å²) in [5.74, 6) is 0. The van der Waals surface area contributed by atoms with Crippen molar-refractivity contribution in [3.05, 3.63) is 71.3 Å². The van der Waals surface area contributed by atoms with E-state index >= 15 is 0 Å². The zero-order chi connectivity index (χ0) is 38.8.